The van der Waals surface area contributed by atoms with E-state index >= 15 is 0 Å². The molecular formula is C21H25F2N7O. The average molecular weight is 429 g/mol. The van der Waals surface area contributed by atoms with Crippen LogP contribution in [0.4, 0.5) is 14.7 Å². The van der Waals surface area contributed by atoms with E-state index in [9.17, 15) is 13.6 Å². The number of anilines is 1. The van der Waals surface area contributed by atoms with E-state index in [0.717, 1.165) is 25.0 Å². The highest BCUT2D eigenvalue weighted by atomic mass is 19.3. The quantitative estimate of drug-likeness (QED) is 0.590. The van der Waals surface area contributed by atoms with Crippen LogP contribution in [-0.2, 0) is 5.92 Å². The lowest BCUT2D eigenvalue weighted by molar-refractivity contribution is 0.0167. The first-order valence-corrected chi connectivity index (χ1v) is 9.93. The predicted octanol–water partition coefficient (Wildman–Crippen LogP) is 3.44. The predicted molar refractivity (Wildman–Crippen MR) is 112 cm³/mol. The Balaban J connectivity index is 1.74. The van der Waals surface area contributed by atoms with Gasteiger partial charge >= 0.3 is 0 Å². The van der Waals surface area contributed by atoms with Gasteiger partial charge in [0.1, 0.15) is 0 Å². The summed E-state index contributed by atoms with van der Waals surface area (Å²) in [6, 6.07) is 5.19. The van der Waals surface area contributed by atoms with Crippen LogP contribution in [0.2, 0.25) is 0 Å². The van der Waals surface area contributed by atoms with Gasteiger partial charge in [-0.05, 0) is 39.0 Å². The smallest absolute Gasteiger partial charge is 0.275 e. The first-order valence-electron chi connectivity index (χ1n) is 9.93. The molecule has 0 aliphatic heterocycles. The number of aryl methyl sites for hydroxylation is 1. The Morgan fingerprint density at radius 1 is 1.29 bits per heavy atom. The second kappa shape index (κ2) is 9.15. The summed E-state index contributed by atoms with van der Waals surface area (Å²) in [6.07, 6.45) is 5.58. The number of amides is 1. The molecule has 0 spiro atoms. The highest BCUT2D eigenvalue weighted by Crippen LogP contribution is 2.25. The van der Waals surface area contributed by atoms with Crippen molar-refractivity contribution < 1.29 is 13.6 Å². The molecule has 1 amide bonds. The van der Waals surface area contributed by atoms with Gasteiger partial charge in [-0.2, -0.15) is 5.10 Å². The largest absolute Gasteiger partial charge is 0.352 e. The van der Waals surface area contributed by atoms with Crippen LogP contribution in [-0.4, -0.2) is 54.7 Å². The van der Waals surface area contributed by atoms with Crippen LogP contribution >= 0.6 is 0 Å². The summed E-state index contributed by atoms with van der Waals surface area (Å²) in [5.74, 6) is -3.01. The van der Waals surface area contributed by atoms with Crippen molar-refractivity contribution >= 4 is 11.9 Å². The second-order valence-corrected chi connectivity index (χ2v) is 7.28. The maximum Gasteiger partial charge on any atom is 0.275 e. The number of hydrogen-bond acceptors (Lipinski definition) is 6. The van der Waals surface area contributed by atoms with Crippen LogP contribution in [0.5, 0.6) is 0 Å². The topological polar surface area (TPSA) is 88.8 Å². The molecule has 1 atom stereocenters. The van der Waals surface area contributed by atoms with Crippen LogP contribution in [0.3, 0.4) is 0 Å². The van der Waals surface area contributed by atoms with Crippen molar-refractivity contribution in [3.05, 3.63) is 59.9 Å². The molecule has 164 valence electrons. The number of halogens is 2. The monoisotopic (exact) mass is 429 g/mol. The summed E-state index contributed by atoms with van der Waals surface area (Å²) in [7, 11) is 0. The van der Waals surface area contributed by atoms with Crippen LogP contribution in [0.1, 0.15) is 42.5 Å². The molecule has 0 saturated carbocycles. The number of carbonyl (C=O) groups excluding carboxylic acids is 1. The van der Waals surface area contributed by atoms with Gasteiger partial charge in [-0.1, -0.05) is 0 Å². The summed E-state index contributed by atoms with van der Waals surface area (Å²) in [4.78, 5) is 27.3. The van der Waals surface area contributed by atoms with Crippen molar-refractivity contribution in [1.29, 1.82) is 0 Å². The molecule has 0 radical (unpaired) electrons. The van der Waals surface area contributed by atoms with Crippen molar-refractivity contribution in [2.45, 2.75) is 39.7 Å². The molecule has 10 heteroatoms. The van der Waals surface area contributed by atoms with Crippen molar-refractivity contribution in [1.82, 2.24) is 29.6 Å². The zero-order chi connectivity index (χ0) is 22.6. The van der Waals surface area contributed by atoms with Gasteiger partial charge in [0, 0.05) is 56.5 Å². The lowest BCUT2D eigenvalue weighted by Crippen LogP contribution is -2.43. The van der Waals surface area contributed by atoms with Gasteiger partial charge in [0.05, 0.1) is 11.3 Å². The van der Waals surface area contributed by atoms with Gasteiger partial charge in [-0.3, -0.25) is 4.79 Å². The van der Waals surface area contributed by atoms with E-state index in [1.54, 1.807) is 28.0 Å². The third-order valence-electron chi connectivity index (χ3n) is 4.81. The molecule has 0 aliphatic rings. The maximum absolute atomic E-state index is 13.3. The zero-order valence-electron chi connectivity index (χ0n) is 17.9. The SMILES string of the molecule is CCN(C(=O)c1nc(C)ccc1-n1cccn1)[C@@H](C)CNc1ncc(C(C)(F)F)cn1. The summed E-state index contributed by atoms with van der Waals surface area (Å²) in [6.45, 7) is 7.18. The first kappa shape index (κ1) is 22.3. The van der Waals surface area contributed by atoms with E-state index in [1.807, 2.05) is 32.9 Å². The number of rotatable bonds is 8. The summed E-state index contributed by atoms with van der Waals surface area (Å²) in [5, 5.41) is 7.21. The van der Waals surface area contributed by atoms with Crippen molar-refractivity contribution in [3.8, 4) is 5.69 Å². The third kappa shape index (κ3) is 5.19. The molecule has 0 fully saturated rings. The molecule has 0 saturated heterocycles. The van der Waals surface area contributed by atoms with Gasteiger partial charge in [0.2, 0.25) is 5.95 Å². The van der Waals surface area contributed by atoms with E-state index in [4.69, 9.17) is 0 Å². The van der Waals surface area contributed by atoms with Crippen molar-refractivity contribution in [2.75, 3.05) is 18.4 Å². The van der Waals surface area contributed by atoms with Crippen LogP contribution in [0.15, 0.2) is 43.0 Å². The number of nitrogens with zero attached hydrogens (tertiary/aromatic N) is 6. The Morgan fingerprint density at radius 2 is 2.00 bits per heavy atom. The molecule has 3 aromatic heterocycles. The van der Waals surface area contributed by atoms with Gasteiger partial charge in [-0.25, -0.2) is 28.4 Å². The Kier molecular flexibility index (Phi) is 6.57. The normalized spacial score (nSPS) is 12.5. The van der Waals surface area contributed by atoms with E-state index in [0.29, 0.717) is 24.5 Å². The molecule has 3 heterocycles. The second-order valence-electron chi connectivity index (χ2n) is 7.28. The molecule has 0 bridgehead atoms. The summed E-state index contributed by atoms with van der Waals surface area (Å²) < 4.78 is 28.2. The minimum atomic E-state index is -3.00. The van der Waals surface area contributed by atoms with Gasteiger partial charge in [-0.15, -0.1) is 0 Å². The van der Waals surface area contributed by atoms with E-state index in [1.165, 1.54) is 0 Å². The summed E-state index contributed by atoms with van der Waals surface area (Å²) in [5.41, 5.74) is 1.37. The lowest BCUT2D eigenvalue weighted by Gasteiger charge is -2.28. The highest BCUT2D eigenvalue weighted by Gasteiger charge is 2.26. The van der Waals surface area contributed by atoms with E-state index in [2.05, 4.69) is 25.4 Å². The molecule has 0 aromatic carbocycles. The van der Waals surface area contributed by atoms with E-state index in [-0.39, 0.29) is 23.5 Å². The fraction of sp³-hybridized carbons (Fsp3) is 0.381. The average Bonchev–Trinajstić information content (AvgIpc) is 3.27. The molecule has 3 rings (SSSR count). The third-order valence-corrected chi connectivity index (χ3v) is 4.81. The van der Waals surface area contributed by atoms with Gasteiger partial charge in [0.15, 0.2) is 5.69 Å². The lowest BCUT2D eigenvalue weighted by atomic mass is 10.2. The zero-order valence-corrected chi connectivity index (χ0v) is 17.9. The van der Waals surface area contributed by atoms with Crippen LogP contribution < -0.4 is 5.32 Å². The number of alkyl halides is 2. The number of aromatic nitrogens is 5. The summed E-state index contributed by atoms with van der Waals surface area (Å²) >= 11 is 0. The minimum absolute atomic E-state index is 0.217. The highest BCUT2D eigenvalue weighted by molar-refractivity contribution is 5.96. The Morgan fingerprint density at radius 3 is 2.58 bits per heavy atom. The number of likely N-dealkylation sites (N-methyl/N-ethyl adjacent to an activating group) is 1. The van der Waals surface area contributed by atoms with E-state index < -0.39 is 5.92 Å². The molecule has 0 unspecified atom stereocenters. The fourth-order valence-corrected chi connectivity index (χ4v) is 3.09. The first-order chi connectivity index (χ1) is 14.7. The molecular weight excluding hydrogens is 404 g/mol. The number of pyridine rings is 1. The van der Waals surface area contributed by atoms with Crippen molar-refractivity contribution in [2.24, 2.45) is 0 Å². The number of nitrogens with one attached hydrogen (secondary N) is 1. The molecule has 8 nitrogen and oxygen atoms in total. The fourth-order valence-electron chi connectivity index (χ4n) is 3.09. The Labute approximate surface area is 179 Å². The minimum Gasteiger partial charge on any atom is -0.352 e. The Bertz CT molecular complexity index is 1020. The molecule has 1 N–H and O–H groups in total. The number of carbonyl (C=O) groups is 1. The van der Waals surface area contributed by atoms with Crippen molar-refractivity contribution in [3.63, 3.8) is 0 Å². The van der Waals surface area contributed by atoms with Crippen LogP contribution in [0, 0.1) is 6.92 Å². The number of hydrogen-bond donors (Lipinski definition) is 1. The molecule has 31 heavy (non-hydrogen) atoms. The molecule has 0 aliphatic carbocycles. The Hall–Kier alpha value is -3.43. The van der Waals surface area contributed by atoms with Crippen LogP contribution in [0.25, 0.3) is 5.69 Å². The van der Waals surface area contributed by atoms with Gasteiger partial charge < -0.3 is 10.2 Å². The standard InChI is InChI=1S/C21H25F2N7O/c1-5-29(15(3)11-24-20-25-12-16(13-26-20)21(4,22)23)19(31)18-17(8-7-14(2)28-18)30-10-6-9-27-30/h6-10,12-13,15H,5,11H2,1-4H3,(H,24,25,26)/t15-/m0/s1. The van der Waals surface area contributed by atoms with Gasteiger partial charge in [0.25, 0.3) is 11.8 Å². The maximum atomic E-state index is 13.3. The molecule has 3 aromatic rings.